The molecule has 0 rings (SSSR count). The molecule has 2 N–H and O–H groups in total. The second kappa shape index (κ2) is 4.43. The Morgan fingerprint density at radius 2 is 1.71 bits per heavy atom. The third-order valence-electron chi connectivity index (χ3n) is 0.247. The Hall–Kier alpha value is 0.270. The Morgan fingerprint density at radius 3 is 1.71 bits per heavy atom. The topological polar surface area (TPSA) is 57.5 Å². The molecule has 4 heteroatoms. The van der Waals surface area contributed by atoms with Gasteiger partial charge in [0, 0.05) is 0 Å². The fourth-order valence-corrected chi connectivity index (χ4v) is 0. The Morgan fingerprint density at radius 1 is 1.57 bits per heavy atom. The van der Waals surface area contributed by atoms with Crippen LogP contribution in [0.15, 0.2) is 12.3 Å². The van der Waals surface area contributed by atoms with Gasteiger partial charge in [0.15, 0.2) is 5.76 Å². The van der Waals surface area contributed by atoms with Gasteiger partial charge in [-0.05, 0) is 6.58 Å². The molecule has 0 aromatic carbocycles. The van der Waals surface area contributed by atoms with Crippen molar-refractivity contribution >= 4 is 43.7 Å². The first kappa shape index (κ1) is 10.3. The van der Waals surface area contributed by atoms with Crippen LogP contribution in [0.5, 0.6) is 0 Å². The Labute approximate surface area is 73.6 Å². The second-order valence-electron chi connectivity index (χ2n) is 0.752. The minimum absolute atomic E-state index is 0. The number of rotatable bonds is 1. The van der Waals surface area contributed by atoms with Crippen molar-refractivity contribution in [3.8, 4) is 0 Å². The third kappa shape index (κ3) is 6.27. The van der Waals surface area contributed by atoms with Gasteiger partial charge in [0.2, 0.25) is 0 Å². The standard InChI is InChI=1S/C3H4O3.Ca.2H/c1-2(4)3(5)6;;;/h4H,1H2,(H,5,6);;;/q;+2;2*-1. The number of hydrogen-bond donors (Lipinski definition) is 2. The summed E-state index contributed by atoms with van der Waals surface area (Å²) in [6.45, 7) is 2.71. The Balaban J connectivity index is -0.0000000417. The molecule has 0 aromatic rings. The molecule has 0 aromatic heterocycles. The summed E-state index contributed by atoms with van der Waals surface area (Å²) in [5.41, 5.74) is 0. The number of hydrogen-bond acceptors (Lipinski definition) is 2. The van der Waals surface area contributed by atoms with Gasteiger partial charge in [-0.1, -0.05) is 0 Å². The molecule has 0 atom stereocenters. The fraction of sp³-hybridized carbons (Fsp3) is 0. The molecule has 0 bridgehead atoms. The van der Waals surface area contributed by atoms with Crippen molar-refractivity contribution in [2.45, 2.75) is 0 Å². The van der Waals surface area contributed by atoms with Gasteiger partial charge in [0.25, 0.3) is 0 Å². The molecule has 3 nitrogen and oxygen atoms in total. The van der Waals surface area contributed by atoms with Crippen molar-refractivity contribution in [1.82, 2.24) is 0 Å². The summed E-state index contributed by atoms with van der Waals surface area (Å²) in [7, 11) is 0. The van der Waals surface area contributed by atoms with Crippen LogP contribution in [-0.4, -0.2) is 53.9 Å². The first-order valence-electron chi connectivity index (χ1n) is 1.25. The smallest absolute Gasteiger partial charge is 1.00 e. The van der Waals surface area contributed by atoms with Crippen molar-refractivity contribution in [2.24, 2.45) is 0 Å². The minimum atomic E-state index is -1.38. The van der Waals surface area contributed by atoms with E-state index in [0.29, 0.717) is 0 Å². The van der Waals surface area contributed by atoms with E-state index in [2.05, 4.69) is 6.58 Å². The van der Waals surface area contributed by atoms with E-state index in [0.717, 1.165) is 0 Å². The Bertz CT molecular complexity index is 83.1. The van der Waals surface area contributed by atoms with Crippen molar-refractivity contribution in [1.29, 1.82) is 0 Å². The summed E-state index contributed by atoms with van der Waals surface area (Å²) in [6, 6.07) is 0. The van der Waals surface area contributed by atoms with Gasteiger partial charge < -0.3 is 13.1 Å². The van der Waals surface area contributed by atoms with Gasteiger partial charge >= 0.3 is 43.7 Å². The van der Waals surface area contributed by atoms with Gasteiger partial charge in [0.05, 0.1) is 0 Å². The fourth-order valence-electron chi connectivity index (χ4n) is 0. The normalized spacial score (nSPS) is 6.29. The van der Waals surface area contributed by atoms with E-state index in [1.54, 1.807) is 0 Å². The summed E-state index contributed by atoms with van der Waals surface area (Å²) in [5.74, 6) is -2.20. The summed E-state index contributed by atoms with van der Waals surface area (Å²) in [4.78, 5) is 9.35. The van der Waals surface area contributed by atoms with Crippen LogP contribution in [0.2, 0.25) is 0 Å². The van der Waals surface area contributed by atoms with Crippen LogP contribution in [0.4, 0.5) is 0 Å². The van der Waals surface area contributed by atoms with Crippen LogP contribution < -0.4 is 0 Å². The maximum atomic E-state index is 9.35. The van der Waals surface area contributed by atoms with Gasteiger partial charge in [-0.25, -0.2) is 4.79 Å². The zero-order valence-electron chi connectivity index (χ0n) is 5.72. The van der Waals surface area contributed by atoms with Gasteiger partial charge in [-0.15, -0.1) is 0 Å². The van der Waals surface area contributed by atoms with Crippen LogP contribution in [0.3, 0.4) is 0 Å². The summed E-state index contributed by atoms with van der Waals surface area (Å²) in [6.07, 6.45) is 0. The van der Waals surface area contributed by atoms with E-state index < -0.39 is 11.7 Å². The molecule has 0 radical (unpaired) electrons. The average Bonchev–Trinajstić information content (AvgIpc) is 1.36. The predicted molar refractivity (Wildman–Crippen MR) is 27.4 cm³/mol. The third-order valence-corrected chi connectivity index (χ3v) is 0.247. The zero-order chi connectivity index (χ0) is 5.15. The molecule has 38 valence electrons. The van der Waals surface area contributed by atoms with Gasteiger partial charge in [-0.2, -0.15) is 0 Å². The summed E-state index contributed by atoms with van der Waals surface area (Å²) < 4.78 is 0. The van der Waals surface area contributed by atoms with E-state index in [1.165, 1.54) is 0 Å². The number of aliphatic hydroxyl groups excluding tert-OH is 1. The quantitative estimate of drug-likeness (QED) is 0.298. The van der Waals surface area contributed by atoms with E-state index in [-0.39, 0.29) is 40.6 Å². The number of carbonyl (C=O) groups is 1. The first-order valence-corrected chi connectivity index (χ1v) is 1.25. The largest absolute Gasteiger partial charge is 2.00 e. The van der Waals surface area contributed by atoms with E-state index >= 15 is 0 Å². The van der Waals surface area contributed by atoms with Crippen molar-refractivity contribution in [2.75, 3.05) is 0 Å². The molecule has 0 spiro atoms. The molecule has 0 saturated heterocycles. The zero-order valence-corrected chi connectivity index (χ0v) is 5.93. The van der Waals surface area contributed by atoms with E-state index in [4.69, 9.17) is 10.2 Å². The maximum Gasteiger partial charge on any atom is 2.00 e. The number of carboxylic acid groups (broad SMARTS) is 1. The van der Waals surface area contributed by atoms with Crippen molar-refractivity contribution < 1.29 is 17.9 Å². The maximum absolute atomic E-state index is 9.35. The van der Waals surface area contributed by atoms with Crippen molar-refractivity contribution in [3.05, 3.63) is 12.3 Å². The van der Waals surface area contributed by atoms with Crippen LogP contribution in [0.25, 0.3) is 0 Å². The number of aliphatic carboxylic acids is 1. The minimum Gasteiger partial charge on any atom is -1.00 e. The molecular weight excluding hydrogens is 124 g/mol. The van der Waals surface area contributed by atoms with Crippen molar-refractivity contribution in [3.63, 3.8) is 0 Å². The summed E-state index contributed by atoms with van der Waals surface area (Å²) >= 11 is 0. The molecule has 0 amide bonds. The van der Waals surface area contributed by atoms with Crippen LogP contribution >= 0.6 is 0 Å². The van der Waals surface area contributed by atoms with Gasteiger partial charge in [0.1, 0.15) is 0 Å². The molecule has 0 fully saturated rings. The first-order chi connectivity index (χ1) is 2.64. The second-order valence-corrected chi connectivity index (χ2v) is 0.752. The van der Waals surface area contributed by atoms with E-state index in [1.807, 2.05) is 0 Å². The van der Waals surface area contributed by atoms with Crippen LogP contribution in [-0.2, 0) is 4.79 Å². The number of aliphatic hydroxyl groups is 1. The molecule has 0 aliphatic carbocycles. The predicted octanol–water partition coefficient (Wildman–Crippen LogP) is -0.0131. The van der Waals surface area contributed by atoms with Crippen LogP contribution in [0.1, 0.15) is 2.85 Å². The average molecular weight is 130 g/mol. The van der Waals surface area contributed by atoms with Gasteiger partial charge in [-0.3, -0.25) is 0 Å². The molecule has 0 aliphatic rings. The molecule has 0 saturated carbocycles. The van der Waals surface area contributed by atoms with Crippen LogP contribution in [0, 0.1) is 0 Å². The molecule has 0 heterocycles. The molecule has 0 aliphatic heterocycles. The Kier molecular flexibility index (Phi) is 6.51. The SMILES string of the molecule is C=C(O)C(=O)O.[Ca+2].[H-].[H-]. The molecule has 7 heavy (non-hydrogen) atoms. The van der Waals surface area contributed by atoms with E-state index in [9.17, 15) is 4.79 Å². The molecule has 0 unspecified atom stereocenters. The number of carboxylic acids is 1. The summed E-state index contributed by atoms with van der Waals surface area (Å²) in [5, 5.41) is 15.5. The monoisotopic (exact) mass is 130 g/mol. The molecular formula is C3H6CaO3.